The molecule has 0 bridgehead atoms. The highest BCUT2D eigenvalue weighted by molar-refractivity contribution is 6.02. The standard InChI is InChI=1S/C37H47F3N4O6/c1-24-21-44(25(2)23-45)35(47)30-20-28(41-34(46)17-18-37(38,39)40)15-16-32(30)50-26(3)10-7-8-19-49-33(24)22-43(4)36(48)42-31-14-9-12-27-11-5-6-13-29(27)31/h5-6,9,11-16,20,24-26,33,45H,7-8,10,17-19,21-23H2,1-4H3,(H,41,46)(H,42,48)/t24-,25-,26-,33+/m1/s1. The number of ether oxygens (including phenoxy) is 2. The van der Waals surface area contributed by atoms with Crippen LogP contribution in [-0.2, 0) is 9.53 Å². The first-order chi connectivity index (χ1) is 23.8. The van der Waals surface area contributed by atoms with E-state index in [0.717, 1.165) is 23.6 Å². The molecule has 0 saturated carbocycles. The monoisotopic (exact) mass is 700 g/mol. The Bertz CT molecular complexity index is 1610. The molecular weight excluding hydrogens is 653 g/mol. The Morgan fingerprint density at radius 1 is 1.06 bits per heavy atom. The van der Waals surface area contributed by atoms with Gasteiger partial charge < -0.3 is 35.0 Å². The predicted octanol–water partition coefficient (Wildman–Crippen LogP) is 7.08. The van der Waals surface area contributed by atoms with Crippen LogP contribution in [0.2, 0.25) is 0 Å². The Morgan fingerprint density at radius 3 is 2.54 bits per heavy atom. The third kappa shape index (κ3) is 10.8. The fraction of sp³-hybridized carbons (Fsp3) is 0.486. The molecule has 0 saturated heterocycles. The van der Waals surface area contributed by atoms with Crippen molar-refractivity contribution in [1.29, 1.82) is 0 Å². The number of benzene rings is 3. The molecule has 0 radical (unpaired) electrons. The van der Waals surface area contributed by atoms with Crippen molar-refractivity contribution in [3.63, 3.8) is 0 Å². The average molecular weight is 701 g/mol. The van der Waals surface area contributed by atoms with Gasteiger partial charge in [-0.25, -0.2) is 4.79 Å². The van der Waals surface area contributed by atoms with E-state index in [1.165, 1.54) is 23.1 Å². The number of alkyl halides is 3. The molecule has 50 heavy (non-hydrogen) atoms. The summed E-state index contributed by atoms with van der Waals surface area (Å²) in [5.41, 5.74) is 0.921. The number of rotatable bonds is 8. The molecule has 3 aromatic rings. The molecule has 13 heteroatoms. The molecule has 4 amide bonds. The van der Waals surface area contributed by atoms with Gasteiger partial charge in [0, 0.05) is 50.2 Å². The van der Waals surface area contributed by atoms with E-state index in [0.29, 0.717) is 18.7 Å². The smallest absolute Gasteiger partial charge is 0.389 e. The molecular formula is C37H47F3N4O6. The van der Waals surface area contributed by atoms with E-state index in [1.54, 1.807) is 18.9 Å². The predicted molar refractivity (Wildman–Crippen MR) is 186 cm³/mol. The molecule has 4 atom stereocenters. The highest BCUT2D eigenvalue weighted by Gasteiger charge is 2.32. The van der Waals surface area contributed by atoms with Gasteiger partial charge in [0.2, 0.25) is 5.91 Å². The molecule has 0 aliphatic carbocycles. The number of aliphatic hydroxyl groups excluding tert-OH is 1. The Kier molecular flexibility index (Phi) is 13.5. The number of halogens is 3. The molecule has 10 nitrogen and oxygen atoms in total. The minimum Gasteiger partial charge on any atom is -0.490 e. The summed E-state index contributed by atoms with van der Waals surface area (Å²) in [6, 6.07) is 16.9. The van der Waals surface area contributed by atoms with E-state index in [2.05, 4.69) is 10.6 Å². The third-order valence-electron chi connectivity index (χ3n) is 8.80. The van der Waals surface area contributed by atoms with Crippen molar-refractivity contribution in [1.82, 2.24) is 9.80 Å². The van der Waals surface area contributed by atoms with E-state index in [9.17, 15) is 32.7 Å². The minimum absolute atomic E-state index is 0.0964. The van der Waals surface area contributed by atoms with Gasteiger partial charge in [-0.2, -0.15) is 13.2 Å². The normalized spacial score (nSPS) is 19.9. The van der Waals surface area contributed by atoms with Crippen molar-refractivity contribution in [2.24, 2.45) is 5.92 Å². The number of amides is 4. The summed E-state index contributed by atoms with van der Waals surface area (Å²) in [6.45, 7) is 5.91. The number of urea groups is 1. The lowest BCUT2D eigenvalue weighted by Gasteiger charge is -2.35. The summed E-state index contributed by atoms with van der Waals surface area (Å²) in [5, 5.41) is 17.5. The van der Waals surface area contributed by atoms with Gasteiger partial charge in [0.25, 0.3) is 5.91 Å². The Balaban J connectivity index is 1.57. The number of hydrogen-bond acceptors (Lipinski definition) is 6. The second kappa shape index (κ2) is 17.5. The summed E-state index contributed by atoms with van der Waals surface area (Å²) >= 11 is 0. The van der Waals surface area contributed by atoms with E-state index in [-0.39, 0.29) is 54.7 Å². The first kappa shape index (κ1) is 38.4. The van der Waals surface area contributed by atoms with E-state index in [4.69, 9.17) is 9.47 Å². The van der Waals surface area contributed by atoms with Gasteiger partial charge in [0.05, 0.1) is 42.5 Å². The molecule has 272 valence electrons. The second-order valence-corrected chi connectivity index (χ2v) is 13.0. The number of hydrogen-bond donors (Lipinski definition) is 3. The summed E-state index contributed by atoms with van der Waals surface area (Å²) in [6.07, 6.45) is -5.14. The van der Waals surface area contributed by atoms with Crippen molar-refractivity contribution >= 4 is 40.0 Å². The molecule has 1 heterocycles. The van der Waals surface area contributed by atoms with Gasteiger partial charge in [-0.1, -0.05) is 43.3 Å². The Hall–Kier alpha value is -4.36. The lowest BCUT2D eigenvalue weighted by Crippen LogP contribution is -2.48. The van der Waals surface area contributed by atoms with Gasteiger partial charge in [-0.3, -0.25) is 9.59 Å². The van der Waals surface area contributed by atoms with Crippen LogP contribution >= 0.6 is 0 Å². The first-order valence-corrected chi connectivity index (χ1v) is 17.0. The van der Waals surface area contributed by atoms with Crippen LogP contribution in [0.5, 0.6) is 5.75 Å². The highest BCUT2D eigenvalue weighted by atomic mass is 19.4. The van der Waals surface area contributed by atoms with Crippen LogP contribution in [0, 0.1) is 5.92 Å². The fourth-order valence-electron chi connectivity index (χ4n) is 5.84. The number of aliphatic hydroxyl groups is 1. The van der Waals surface area contributed by atoms with Gasteiger partial charge in [0.1, 0.15) is 5.75 Å². The zero-order chi connectivity index (χ0) is 36.4. The van der Waals surface area contributed by atoms with Crippen molar-refractivity contribution < 1.29 is 42.1 Å². The first-order valence-electron chi connectivity index (χ1n) is 17.0. The molecule has 4 rings (SSSR count). The molecule has 1 aliphatic rings. The lowest BCUT2D eigenvalue weighted by molar-refractivity contribution is -0.142. The van der Waals surface area contributed by atoms with Gasteiger partial charge in [0.15, 0.2) is 0 Å². The largest absolute Gasteiger partial charge is 0.490 e. The van der Waals surface area contributed by atoms with E-state index < -0.39 is 43.0 Å². The molecule has 3 aromatic carbocycles. The number of likely N-dealkylation sites (N-methyl/N-ethyl adjacent to an activating group) is 1. The summed E-state index contributed by atoms with van der Waals surface area (Å²) in [5.74, 6) is -1.39. The molecule has 0 unspecified atom stereocenters. The topological polar surface area (TPSA) is 120 Å². The SMILES string of the molecule is C[C@@H]1CCCCO[C@@H](CN(C)C(=O)Nc2cccc3ccccc23)[C@H](C)CN([C@H](C)CO)C(=O)c2cc(NC(=O)CCC(F)(F)F)ccc2O1. The third-order valence-corrected chi connectivity index (χ3v) is 8.80. The minimum atomic E-state index is -4.48. The van der Waals surface area contributed by atoms with Crippen LogP contribution in [0.15, 0.2) is 60.7 Å². The molecule has 1 aliphatic heterocycles. The van der Waals surface area contributed by atoms with Crippen LogP contribution in [0.4, 0.5) is 29.3 Å². The zero-order valence-electron chi connectivity index (χ0n) is 29.0. The van der Waals surface area contributed by atoms with Crippen LogP contribution in [-0.4, -0.2) is 90.5 Å². The Morgan fingerprint density at radius 2 is 1.80 bits per heavy atom. The van der Waals surface area contributed by atoms with Crippen molar-refractivity contribution in [2.45, 2.75) is 77.3 Å². The van der Waals surface area contributed by atoms with Crippen LogP contribution in [0.25, 0.3) is 10.8 Å². The van der Waals surface area contributed by atoms with Gasteiger partial charge >= 0.3 is 12.2 Å². The van der Waals surface area contributed by atoms with Crippen molar-refractivity contribution in [3.05, 3.63) is 66.2 Å². The number of fused-ring (bicyclic) bond motifs is 2. The second-order valence-electron chi connectivity index (χ2n) is 13.0. The fourth-order valence-corrected chi connectivity index (χ4v) is 5.84. The number of nitrogens with zero attached hydrogens (tertiary/aromatic N) is 2. The summed E-state index contributed by atoms with van der Waals surface area (Å²) in [4.78, 5) is 43.0. The maximum atomic E-state index is 14.3. The molecule has 0 fully saturated rings. The van der Waals surface area contributed by atoms with Gasteiger partial charge in [-0.15, -0.1) is 0 Å². The quantitative estimate of drug-likeness (QED) is 0.231. The molecule has 0 spiro atoms. The number of carbonyl (C=O) groups is 3. The number of carbonyl (C=O) groups excluding carboxylic acids is 3. The van der Waals surface area contributed by atoms with Crippen molar-refractivity contribution in [2.75, 3.05) is 44.0 Å². The van der Waals surface area contributed by atoms with Gasteiger partial charge in [-0.05, 0) is 62.8 Å². The Labute approximate surface area is 290 Å². The summed E-state index contributed by atoms with van der Waals surface area (Å²) < 4.78 is 50.6. The van der Waals surface area contributed by atoms with Crippen LogP contribution in [0.1, 0.15) is 63.2 Å². The maximum absolute atomic E-state index is 14.3. The van der Waals surface area contributed by atoms with E-state index in [1.807, 2.05) is 56.3 Å². The average Bonchev–Trinajstić information content (AvgIpc) is 3.08. The van der Waals surface area contributed by atoms with Crippen LogP contribution < -0.4 is 15.4 Å². The highest BCUT2D eigenvalue weighted by Crippen LogP contribution is 2.29. The lowest BCUT2D eigenvalue weighted by atomic mass is 10.0. The summed E-state index contributed by atoms with van der Waals surface area (Å²) in [7, 11) is 1.68. The zero-order valence-corrected chi connectivity index (χ0v) is 29.0. The number of nitrogens with one attached hydrogen (secondary N) is 2. The molecule has 3 N–H and O–H groups in total. The van der Waals surface area contributed by atoms with Crippen LogP contribution in [0.3, 0.4) is 0 Å². The number of anilines is 2. The maximum Gasteiger partial charge on any atom is 0.389 e. The molecule has 0 aromatic heterocycles. The van der Waals surface area contributed by atoms with E-state index >= 15 is 0 Å². The van der Waals surface area contributed by atoms with Crippen molar-refractivity contribution in [3.8, 4) is 5.75 Å².